The fourth-order valence-corrected chi connectivity index (χ4v) is 6.65. The average molecular weight is 420 g/mol. The molecule has 0 radical (unpaired) electrons. The number of halogens is 3. The fourth-order valence-electron chi connectivity index (χ4n) is 2.37. The maximum atomic E-state index is 12.6. The lowest BCUT2D eigenvalue weighted by Gasteiger charge is -2.30. The van der Waals surface area contributed by atoms with Gasteiger partial charge in [0, 0.05) is 14.5 Å². The number of thiophene rings is 1. The Bertz CT molecular complexity index is 1000. The third kappa shape index (κ3) is 3.75. The van der Waals surface area contributed by atoms with Crippen molar-refractivity contribution in [3.8, 4) is 10.4 Å². The zero-order chi connectivity index (χ0) is 19.2. The molecule has 0 saturated carbocycles. The topological polar surface area (TPSA) is 43.4 Å². The zero-order valence-electron chi connectivity index (χ0n) is 13.8. The van der Waals surface area contributed by atoms with E-state index in [0.717, 1.165) is 20.5 Å². The summed E-state index contributed by atoms with van der Waals surface area (Å²) in [6, 6.07) is 16.7. The standard InChI is InChI=1S/C17H15F3O3S3/c1-25(2,23-26(21,22)17(18,19)20)14-9-7-12(8-10-14)16-11-13-5-3-4-6-15(13)24-16/h3-11H,1-2H3. The van der Waals surface area contributed by atoms with Gasteiger partial charge in [-0.2, -0.15) is 21.6 Å². The largest absolute Gasteiger partial charge is 0.523 e. The van der Waals surface area contributed by atoms with Crippen molar-refractivity contribution < 1.29 is 25.2 Å². The fraction of sp³-hybridized carbons (Fsp3) is 0.176. The van der Waals surface area contributed by atoms with Crippen LogP contribution < -0.4 is 0 Å². The maximum absolute atomic E-state index is 12.6. The summed E-state index contributed by atoms with van der Waals surface area (Å²) in [5.41, 5.74) is -4.53. The first-order valence-corrected chi connectivity index (χ1v) is 11.9. The summed E-state index contributed by atoms with van der Waals surface area (Å²) in [5, 5.41) is 1.11. The SMILES string of the molecule is CS(C)(OS(=O)(=O)C(F)(F)F)c1ccc(-c2cc3ccccc3s2)cc1. The van der Waals surface area contributed by atoms with E-state index in [1.165, 1.54) is 12.5 Å². The van der Waals surface area contributed by atoms with Crippen molar-refractivity contribution in [3.05, 3.63) is 54.6 Å². The van der Waals surface area contributed by atoms with Crippen molar-refractivity contribution in [2.45, 2.75) is 10.4 Å². The lowest BCUT2D eigenvalue weighted by atomic mass is 10.1. The van der Waals surface area contributed by atoms with Gasteiger partial charge in [0.1, 0.15) is 0 Å². The average Bonchev–Trinajstić information content (AvgIpc) is 2.97. The van der Waals surface area contributed by atoms with Crippen LogP contribution in [0.25, 0.3) is 20.5 Å². The number of alkyl halides is 3. The smallest absolute Gasteiger partial charge is 0.209 e. The number of fused-ring (bicyclic) bond motifs is 1. The van der Waals surface area contributed by atoms with E-state index >= 15 is 0 Å². The van der Waals surface area contributed by atoms with E-state index in [4.69, 9.17) is 0 Å². The molecule has 0 N–H and O–H groups in total. The van der Waals surface area contributed by atoms with Crippen LogP contribution in [-0.2, 0) is 13.7 Å². The van der Waals surface area contributed by atoms with E-state index in [-0.39, 0.29) is 0 Å². The van der Waals surface area contributed by atoms with Gasteiger partial charge in [-0.25, -0.2) is 3.63 Å². The molecule has 9 heteroatoms. The Hall–Kier alpha value is -1.55. The predicted octanol–water partition coefficient (Wildman–Crippen LogP) is 5.77. The van der Waals surface area contributed by atoms with Crippen LogP contribution in [0, 0.1) is 0 Å². The second-order valence-electron chi connectivity index (χ2n) is 5.87. The summed E-state index contributed by atoms with van der Waals surface area (Å²) < 4.78 is 66.0. The minimum absolute atomic E-state index is 0.412. The van der Waals surface area contributed by atoms with Crippen molar-refractivity contribution in [1.82, 2.24) is 0 Å². The second-order valence-corrected chi connectivity index (χ2v) is 11.8. The van der Waals surface area contributed by atoms with E-state index < -0.39 is 25.9 Å². The summed E-state index contributed by atoms with van der Waals surface area (Å²) in [7, 11) is -8.27. The summed E-state index contributed by atoms with van der Waals surface area (Å²) in [4.78, 5) is 1.43. The summed E-state index contributed by atoms with van der Waals surface area (Å²) in [6.07, 6.45) is 2.73. The Labute approximate surface area is 155 Å². The van der Waals surface area contributed by atoms with Crippen LogP contribution in [0.3, 0.4) is 0 Å². The first-order chi connectivity index (χ1) is 12.0. The molecule has 0 amide bonds. The van der Waals surface area contributed by atoms with E-state index in [9.17, 15) is 21.6 Å². The molecule has 0 aliphatic heterocycles. The van der Waals surface area contributed by atoms with Gasteiger partial charge in [-0.15, -0.1) is 11.3 Å². The molecule has 0 fully saturated rings. The molecular formula is C17H15F3O3S3. The molecule has 140 valence electrons. The highest BCUT2D eigenvalue weighted by atomic mass is 32.3. The maximum Gasteiger partial charge on any atom is 0.523 e. The van der Waals surface area contributed by atoms with Crippen LogP contribution in [0.15, 0.2) is 59.5 Å². The third-order valence-electron chi connectivity index (χ3n) is 3.68. The molecule has 1 heterocycles. The van der Waals surface area contributed by atoms with Crippen LogP contribution in [0.1, 0.15) is 0 Å². The number of rotatable bonds is 4. The quantitative estimate of drug-likeness (QED) is 0.503. The minimum atomic E-state index is -5.64. The Morgan fingerprint density at radius 1 is 0.962 bits per heavy atom. The van der Waals surface area contributed by atoms with E-state index in [1.54, 1.807) is 35.6 Å². The molecule has 2 aromatic carbocycles. The highest BCUT2D eigenvalue weighted by molar-refractivity contribution is 8.32. The van der Waals surface area contributed by atoms with E-state index in [2.05, 4.69) is 3.63 Å². The molecule has 3 nitrogen and oxygen atoms in total. The van der Waals surface area contributed by atoms with Crippen molar-refractivity contribution in [2.24, 2.45) is 0 Å². The number of hydrogen-bond acceptors (Lipinski definition) is 4. The highest BCUT2D eigenvalue weighted by Gasteiger charge is 2.49. The van der Waals surface area contributed by atoms with Crippen molar-refractivity contribution >= 4 is 41.9 Å². The van der Waals surface area contributed by atoms with Gasteiger partial charge in [-0.05, 0) is 47.7 Å². The van der Waals surface area contributed by atoms with Crippen molar-refractivity contribution in [1.29, 1.82) is 0 Å². The van der Waals surface area contributed by atoms with E-state index in [1.807, 2.05) is 30.3 Å². The van der Waals surface area contributed by atoms with Gasteiger partial charge in [-0.1, -0.05) is 40.6 Å². The molecule has 3 aromatic rings. The lowest BCUT2D eigenvalue weighted by molar-refractivity contribution is -0.0495. The van der Waals surface area contributed by atoms with Gasteiger partial charge in [0.15, 0.2) is 0 Å². The van der Waals surface area contributed by atoms with Crippen LogP contribution in [-0.4, -0.2) is 26.4 Å². The number of hydrogen-bond donors (Lipinski definition) is 0. The molecule has 0 bridgehead atoms. The summed E-state index contributed by atoms with van der Waals surface area (Å²) >= 11 is 1.61. The van der Waals surface area contributed by atoms with Crippen molar-refractivity contribution in [3.63, 3.8) is 0 Å². The third-order valence-corrected chi connectivity index (χ3v) is 8.89. The Balaban J connectivity index is 1.89. The highest BCUT2D eigenvalue weighted by Crippen LogP contribution is 2.53. The molecule has 3 rings (SSSR count). The van der Waals surface area contributed by atoms with Gasteiger partial charge in [0.25, 0.3) is 0 Å². The lowest BCUT2D eigenvalue weighted by Crippen LogP contribution is -2.26. The minimum Gasteiger partial charge on any atom is -0.209 e. The molecule has 0 spiro atoms. The molecule has 0 saturated heterocycles. The number of benzene rings is 2. The molecule has 0 aliphatic rings. The predicted molar refractivity (Wildman–Crippen MR) is 101 cm³/mol. The molecular weight excluding hydrogens is 405 g/mol. The van der Waals surface area contributed by atoms with Gasteiger partial charge >= 0.3 is 15.6 Å². The molecule has 1 aromatic heterocycles. The Kier molecular flexibility index (Phi) is 4.85. The zero-order valence-corrected chi connectivity index (χ0v) is 16.2. The monoisotopic (exact) mass is 420 g/mol. The van der Waals surface area contributed by atoms with Crippen LogP contribution in [0.2, 0.25) is 0 Å². The first kappa shape index (κ1) is 19.2. The normalized spacial score (nSPS) is 13.9. The van der Waals surface area contributed by atoms with Crippen LogP contribution in [0.5, 0.6) is 0 Å². The van der Waals surface area contributed by atoms with Crippen LogP contribution >= 0.6 is 21.6 Å². The van der Waals surface area contributed by atoms with E-state index in [0.29, 0.717) is 4.90 Å². The molecule has 0 atom stereocenters. The molecule has 0 unspecified atom stereocenters. The van der Waals surface area contributed by atoms with Gasteiger partial charge in [-0.3, -0.25) is 0 Å². The second kappa shape index (κ2) is 6.56. The molecule has 0 aliphatic carbocycles. The van der Waals surface area contributed by atoms with Crippen molar-refractivity contribution in [2.75, 3.05) is 12.5 Å². The Morgan fingerprint density at radius 2 is 1.58 bits per heavy atom. The summed E-state index contributed by atoms with van der Waals surface area (Å²) in [6.45, 7) is 0. The first-order valence-electron chi connectivity index (χ1n) is 7.34. The van der Waals surface area contributed by atoms with Gasteiger partial charge in [0.2, 0.25) is 0 Å². The Morgan fingerprint density at radius 3 is 2.15 bits per heavy atom. The van der Waals surface area contributed by atoms with Gasteiger partial charge in [0.05, 0.1) is 0 Å². The molecule has 26 heavy (non-hydrogen) atoms. The van der Waals surface area contributed by atoms with Gasteiger partial charge < -0.3 is 0 Å². The summed E-state index contributed by atoms with van der Waals surface area (Å²) in [5.74, 6) is 0. The van der Waals surface area contributed by atoms with Crippen LogP contribution in [0.4, 0.5) is 13.2 Å².